The van der Waals surface area contributed by atoms with Crippen LogP contribution in [0.15, 0.2) is 28.7 Å². The summed E-state index contributed by atoms with van der Waals surface area (Å²) in [4.78, 5) is 16.0. The quantitative estimate of drug-likeness (QED) is 0.630. The van der Waals surface area contributed by atoms with Crippen LogP contribution in [0.1, 0.15) is 16.8 Å². The van der Waals surface area contributed by atoms with E-state index in [1.807, 2.05) is 18.2 Å². The molecule has 0 fully saturated rings. The van der Waals surface area contributed by atoms with Crippen LogP contribution >= 0.6 is 15.9 Å². The molecule has 1 rings (SSSR count). The average Bonchev–Trinajstić information content (AvgIpc) is 2.25. The van der Waals surface area contributed by atoms with Crippen molar-refractivity contribution >= 4 is 21.8 Å². The van der Waals surface area contributed by atoms with Gasteiger partial charge in [0, 0.05) is 11.0 Å². The molecule has 0 saturated heterocycles. The van der Waals surface area contributed by atoms with Crippen LogP contribution in [0.4, 0.5) is 0 Å². The highest BCUT2D eigenvalue weighted by Gasteiger charge is 2.07. The minimum atomic E-state index is -0.0977. The second kappa shape index (κ2) is 6.55. The van der Waals surface area contributed by atoms with Crippen LogP contribution in [0.2, 0.25) is 0 Å². The number of nitrogens with one attached hydrogen (secondary N) is 1. The van der Waals surface area contributed by atoms with E-state index in [1.165, 1.54) is 0 Å². The summed E-state index contributed by atoms with van der Waals surface area (Å²) in [6, 6.07) is 7.28. The van der Waals surface area contributed by atoms with Crippen molar-refractivity contribution in [2.45, 2.75) is 6.42 Å². The summed E-state index contributed by atoms with van der Waals surface area (Å²) >= 11 is 3.31. The first kappa shape index (κ1) is 12.2. The Morgan fingerprint density at radius 2 is 2.20 bits per heavy atom. The van der Waals surface area contributed by atoms with Gasteiger partial charge in [-0.1, -0.05) is 12.1 Å². The highest BCUT2D eigenvalue weighted by molar-refractivity contribution is 9.10. The Kier molecular flexibility index (Phi) is 5.31. The number of nitrogens with two attached hydrogens (primary N) is 1. The Morgan fingerprint density at radius 1 is 1.47 bits per heavy atom. The molecule has 0 aliphatic carbocycles. The first-order valence-corrected chi connectivity index (χ1v) is 5.39. The monoisotopic (exact) mass is 272 g/mol. The van der Waals surface area contributed by atoms with Gasteiger partial charge in [-0.3, -0.25) is 4.79 Å². The van der Waals surface area contributed by atoms with Crippen molar-refractivity contribution in [1.29, 1.82) is 0 Å². The van der Waals surface area contributed by atoms with Gasteiger partial charge in [-0.05, 0) is 34.5 Å². The molecule has 1 aromatic rings. The van der Waals surface area contributed by atoms with E-state index >= 15 is 0 Å². The number of rotatable bonds is 5. The Labute approximate surface area is 96.9 Å². The van der Waals surface area contributed by atoms with E-state index in [-0.39, 0.29) is 5.91 Å². The molecule has 4 nitrogen and oxygen atoms in total. The van der Waals surface area contributed by atoms with Gasteiger partial charge in [-0.15, -0.1) is 0 Å². The molecule has 0 radical (unpaired) electrons. The Morgan fingerprint density at radius 3 is 2.87 bits per heavy atom. The van der Waals surface area contributed by atoms with Crippen LogP contribution in [0.25, 0.3) is 0 Å². The van der Waals surface area contributed by atoms with Gasteiger partial charge in [0.2, 0.25) is 0 Å². The van der Waals surface area contributed by atoms with E-state index in [4.69, 9.17) is 5.90 Å². The minimum absolute atomic E-state index is 0.0977. The average molecular weight is 273 g/mol. The molecular formula is C10H13BrN2O2. The van der Waals surface area contributed by atoms with E-state index in [9.17, 15) is 4.79 Å². The van der Waals surface area contributed by atoms with Crippen LogP contribution in [0.5, 0.6) is 0 Å². The van der Waals surface area contributed by atoms with Crippen LogP contribution in [0.3, 0.4) is 0 Å². The summed E-state index contributed by atoms with van der Waals surface area (Å²) in [7, 11) is 0. The molecule has 82 valence electrons. The van der Waals surface area contributed by atoms with Gasteiger partial charge in [0.1, 0.15) is 0 Å². The zero-order chi connectivity index (χ0) is 11.1. The molecule has 0 bridgehead atoms. The lowest BCUT2D eigenvalue weighted by Gasteiger charge is -2.05. The van der Waals surface area contributed by atoms with Crippen LogP contribution in [-0.4, -0.2) is 19.1 Å². The maximum atomic E-state index is 11.6. The molecule has 1 amide bonds. The van der Waals surface area contributed by atoms with Crippen molar-refractivity contribution in [3.63, 3.8) is 0 Å². The first-order valence-electron chi connectivity index (χ1n) is 4.60. The fourth-order valence-corrected chi connectivity index (χ4v) is 1.56. The topological polar surface area (TPSA) is 64.3 Å². The summed E-state index contributed by atoms with van der Waals surface area (Å²) in [6.45, 7) is 0.994. The fourth-order valence-electron chi connectivity index (χ4n) is 1.10. The summed E-state index contributed by atoms with van der Waals surface area (Å²) in [5, 5.41) is 2.77. The number of hydrogen-bond acceptors (Lipinski definition) is 3. The maximum Gasteiger partial charge on any atom is 0.252 e. The SMILES string of the molecule is NOCCCNC(=O)c1ccccc1Br. The van der Waals surface area contributed by atoms with Gasteiger partial charge < -0.3 is 10.2 Å². The zero-order valence-corrected chi connectivity index (χ0v) is 9.79. The largest absolute Gasteiger partial charge is 0.352 e. The maximum absolute atomic E-state index is 11.6. The number of carbonyl (C=O) groups is 1. The minimum Gasteiger partial charge on any atom is -0.352 e. The number of carbonyl (C=O) groups excluding carboxylic acids is 1. The second-order valence-corrected chi connectivity index (χ2v) is 3.81. The number of hydrogen-bond donors (Lipinski definition) is 2. The number of benzene rings is 1. The molecule has 3 N–H and O–H groups in total. The van der Waals surface area contributed by atoms with Crippen molar-refractivity contribution in [1.82, 2.24) is 5.32 Å². The molecule has 0 heterocycles. The lowest BCUT2D eigenvalue weighted by molar-refractivity contribution is 0.0940. The molecule has 5 heteroatoms. The van der Waals surface area contributed by atoms with Gasteiger partial charge >= 0.3 is 0 Å². The fraction of sp³-hybridized carbons (Fsp3) is 0.300. The molecule has 0 saturated carbocycles. The van der Waals surface area contributed by atoms with Gasteiger partial charge in [-0.2, -0.15) is 0 Å². The molecule has 0 aliphatic rings. The number of halogens is 1. The van der Waals surface area contributed by atoms with E-state index in [0.29, 0.717) is 25.1 Å². The van der Waals surface area contributed by atoms with Gasteiger partial charge in [0.25, 0.3) is 5.91 Å². The van der Waals surface area contributed by atoms with Gasteiger partial charge in [-0.25, -0.2) is 5.90 Å². The van der Waals surface area contributed by atoms with Crippen molar-refractivity contribution in [2.24, 2.45) is 5.90 Å². The Hall–Kier alpha value is -0.910. The normalized spacial score (nSPS) is 10.0. The van der Waals surface area contributed by atoms with Crippen molar-refractivity contribution < 1.29 is 9.63 Å². The van der Waals surface area contributed by atoms with E-state index in [1.54, 1.807) is 6.07 Å². The third-order valence-electron chi connectivity index (χ3n) is 1.84. The molecule has 0 atom stereocenters. The molecule has 0 aliphatic heterocycles. The summed E-state index contributed by atoms with van der Waals surface area (Å²) in [6.07, 6.45) is 0.701. The van der Waals surface area contributed by atoms with Crippen molar-refractivity contribution in [3.8, 4) is 0 Å². The summed E-state index contributed by atoms with van der Waals surface area (Å²) in [5.74, 6) is 4.76. The zero-order valence-electron chi connectivity index (χ0n) is 8.20. The molecule has 0 spiro atoms. The highest BCUT2D eigenvalue weighted by atomic mass is 79.9. The summed E-state index contributed by atoms with van der Waals surface area (Å²) < 4.78 is 0.789. The van der Waals surface area contributed by atoms with Crippen molar-refractivity contribution in [2.75, 3.05) is 13.2 Å². The molecular weight excluding hydrogens is 260 g/mol. The lowest BCUT2D eigenvalue weighted by atomic mass is 10.2. The molecule has 1 aromatic carbocycles. The van der Waals surface area contributed by atoms with Crippen molar-refractivity contribution in [3.05, 3.63) is 34.3 Å². The second-order valence-electron chi connectivity index (χ2n) is 2.96. The predicted molar refractivity (Wildman–Crippen MR) is 61.2 cm³/mol. The van der Waals surface area contributed by atoms with E-state index in [0.717, 1.165) is 4.47 Å². The van der Waals surface area contributed by atoms with E-state index < -0.39 is 0 Å². The molecule has 15 heavy (non-hydrogen) atoms. The predicted octanol–water partition coefficient (Wildman–Crippen LogP) is 1.46. The first-order chi connectivity index (χ1) is 7.25. The highest BCUT2D eigenvalue weighted by Crippen LogP contribution is 2.15. The third kappa shape index (κ3) is 3.99. The van der Waals surface area contributed by atoms with E-state index in [2.05, 4.69) is 26.1 Å². The molecule has 0 unspecified atom stereocenters. The molecule has 0 aromatic heterocycles. The van der Waals surface area contributed by atoms with Crippen LogP contribution < -0.4 is 11.2 Å². The van der Waals surface area contributed by atoms with Crippen LogP contribution in [0, 0.1) is 0 Å². The smallest absolute Gasteiger partial charge is 0.252 e. The Balaban J connectivity index is 2.44. The van der Waals surface area contributed by atoms with Crippen LogP contribution in [-0.2, 0) is 4.84 Å². The number of amides is 1. The standard InChI is InChI=1S/C10H13BrN2O2/c11-9-5-2-1-4-8(9)10(14)13-6-3-7-15-12/h1-2,4-5H,3,6-7,12H2,(H,13,14). The Bertz CT molecular complexity index is 331. The lowest BCUT2D eigenvalue weighted by Crippen LogP contribution is -2.25. The third-order valence-corrected chi connectivity index (χ3v) is 2.53. The summed E-state index contributed by atoms with van der Waals surface area (Å²) in [5.41, 5.74) is 0.631. The van der Waals surface area contributed by atoms with Gasteiger partial charge in [0.15, 0.2) is 0 Å². The van der Waals surface area contributed by atoms with Gasteiger partial charge in [0.05, 0.1) is 12.2 Å².